The molecule has 2 aromatic rings. The third kappa shape index (κ3) is 3.35. The van der Waals surface area contributed by atoms with Gasteiger partial charge in [0.2, 0.25) is 5.91 Å². The van der Waals surface area contributed by atoms with Gasteiger partial charge in [0.05, 0.1) is 17.5 Å². The first-order valence-electron chi connectivity index (χ1n) is 8.37. The zero-order chi connectivity index (χ0) is 18.1. The lowest BCUT2D eigenvalue weighted by Gasteiger charge is -2.21. The molecule has 2 aliphatic heterocycles. The number of nitrogens with one attached hydrogen (secondary N) is 2. The molecule has 2 N–H and O–H groups in total. The zero-order valence-electron chi connectivity index (χ0n) is 14.2. The van der Waals surface area contributed by atoms with Gasteiger partial charge in [-0.05, 0) is 42.8 Å². The van der Waals surface area contributed by atoms with Crippen LogP contribution in [0.25, 0.3) is 0 Å². The van der Waals surface area contributed by atoms with Crippen molar-refractivity contribution in [2.24, 2.45) is 0 Å². The van der Waals surface area contributed by atoms with Crippen LogP contribution in [0.2, 0.25) is 0 Å². The number of benzene rings is 2. The van der Waals surface area contributed by atoms with Crippen LogP contribution in [-0.2, 0) is 4.79 Å². The minimum Gasteiger partial charge on any atom is -0.486 e. The average molecular weight is 370 g/mol. The lowest BCUT2D eigenvalue weighted by molar-refractivity contribution is -0.113. The van der Waals surface area contributed by atoms with Crippen LogP contribution in [-0.4, -0.2) is 30.8 Å². The van der Waals surface area contributed by atoms with Gasteiger partial charge in [0, 0.05) is 10.5 Å². The van der Waals surface area contributed by atoms with Crippen molar-refractivity contribution in [2.75, 3.05) is 24.3 Å². The molecule has 2 aromatic carbocycles. The molecule has 2 amide bonds. The summed E-state index contributed by atoms with van der Waals surface area (Å²) in [5.74, 6) is 1.58. The minimum absolute atomic E-state index is 0.0512. The monoisotopic (exact) mass is 370 g/mol. The molecule has 0 radical (unpaired) electrons. The van der Waals surface area contributed by atoms with Crippen LogP contribution >= 0.6 is 11.8 Å². The van der Waals surface area contributed by atoms with Crippen molar-refractivity contribution >= 4 is 29.3 Å². The second-order valence-electron chi connectivity index (χ2n) is 6.15. The van der Waals surface area contributed by atoms with Crippen molar-refractivity contribution in [3.8, 4) is 11.5 Å². The minimum atomic E-state index is -0.196. The predicted octanol–water partition coefficient (Wildman–Crippen LogP) is 2.99. The van der Waals surface area contributed by atoms with E-state index in [1.54, 1.807) is 12.1 Å². The molecule has 0 aromatic heterocycles. The molecule has 4 rings (SSSR count). The molecule has 0 spiro atoms. The number of ether oxygens (including phenoxy) is 2. The highest BCUT2D eigenvalue weighted by molar-refractivity contribution is 8.00. The van der Waals surface area contributed by atoms with Crippen molar-refractivity contribution in [1.82, 2.24) is 5.32 Å². The van der Waals surface area contributed by atoms with Gasteiger partial charge in [-0.15, -0.1) is 11.8 Å². The highest BCUT2D eigenvalue weighted by Gasteiger charge is 2.19. The van der Waals surface area contributed by atoms with E-state index in [4.69, 9.17) is 9.47 Å². The van der Waals surface area contributed by atoms with Crippen molar-refractivity contribution in [1.29, 1.82) is 0 Å². The molecule has 0 saturated carbocycles. The molecule has 1 atom stereocenters. The van der Waals surface area contributed by atoms with Crippen LogP contribution < -0.4 is 20.1 Å². The van der Waals surface area contributed by atoms with Crippen LogP contribution in [0, 0.1) is 0 Å². The van der Waals surface area contributed by atoms with E-state index in [0.717, 1.165) is 16.2 Å². The summed E-state index contributed by atoms with van der Waals surface area (Å²) in [7, 11) is 0. The fraction of sp³-hybridized carbons (Fsp3) is 0.263. The maximum absolute atomic E-state index is 12.6. The van der Waals surface area contributed by atoms with Crippen molar-refractivity contribution in [2.45, 2.75) is 17.9 Å². The summed E-state index contributed by atoms with van der Waals surface area (Å²) in [6.45, 7) is 2.99. The molecule has 1 unspecified atom stereocenters. The molecule has 0 fully saturated rings. The number of carbonyl (C=O) groups is 2. The maximum atomic E-state index is 12.6. The number of hydrogen-bond acceptors (Lipinski definition) is 5. The molecule has 0 aliphatic carbocycles. The van der Waals surface area contributed by atoms with Gasteiger partial charge in [0.1, 0.15) is 13.2 Å². The molecule has 0 saturated heterocycles. The summed E-state index contributed by atoms with van der Waals surface area (Å²) in [5, 5.41) is 5.79. The Labute approximate surface area is 155 Å². The Morgan fingerprint density at radius 2 is 1.96 bits per heavy atom. The molecule has 2 aliphatic rings. The van der Waals surface area contributed by atoms with Gasteiger partial charge in [-0.2, -0.15) is 0 Å². The van der Waals surface area contributed by atoms with E-state index >= 15 is 0 Å². The molecule has 134 valence electrons. The molecule has 6 nitrogen and oxygen atoms in total. The number of thioether (sulfide) groups is 1. The Morgan fingerprint density at radius 1 is 1.15 bits per heavy atom. The van der Waals surface area contributed by atoms with Crippen LogP contribution in [0.4, 0.5) is 5.69 Å². The first-order valence-corrected chi connectivity index (χ1v) is 9.36. The number of carbonyl (C=O) groups excluding carboxylic acids is 2. The van der Waals surface area contributed by atoms with Crippen LogP contribution in [0.3, 0.4) is 0 Å². The molecule has 7 heteroatoms. The Hall–Kier alpha value is -2.67. The first kappa shape index (κ1) is 16.8. The lowest BCUT2D eigenvalue weighted by Crippen LogP contribution is -2.27. The normalized spacial score (nSPS) is 16.3. The topological polar surface area (TPSA) is 76.7 Å². The molecule has 0 bridgehead atoms. The summed E-state index contributed by atoms with van der Waals surface area (Å²) in [6.07, 6.45) is 0. The summed E-state index contributed by atoms with van der Waals surface area (Å²) in [4.78, 5) is 25.1. The van der Waals surface area contributed by atoms with E-state index in [0.29, 0.717) is 36.0 Å². The largest absolute Gasteiger partial charge is 0.486 e. The second kappa shape index (κ2) is 6.92. The SMILES string of the molecule is CC(NC(=O)c1ccc2c(c1)NC(=O)CS2)c1ccc2c(c1)OCCO2. The lowest BCUT2D eigenvalue weighted by atomic mass is 10.1. The molecule has 26 heavy (non-hydrogen) atoms. The van der Waals surface area contributed by atoms with Gasteiger partial charge in [0.25, 0.3) is 5.91 Å². The van der Waals surface area contributed by atoms with E-state index in [1.807, 2.05) is 31.2 Å². The molecular weight excluding hydrogens is 352 g/mol. The molecular formula is C19H18N2O4S. The van der Waals surface area contributed by atoms with E-state index < -0.39 is 0 Å². The third-order valence-electron chi connectivity index (χ3n) is 4.29. The summed E-state index contributed by atoms with van der Waals surface area (Å²) in [5.41, 5.74) is 2.13. The number of hydrogen-bond donors (Lipinski definition) is 2. The highest BCUT2D eigenvalue weighted by atomic mass is 32.2. The van der Waals surface area contributed by atoms with Gasteiger partial charge in [-0.1, -0.05) is 6.07 Å². The number of fused-ring (bicyclic) bond motifs is 2. The predicted molar refractivity (Wildman–Crippen MR) is 99.1 cm³/mol. The summed E-state index contributed by atoms with van der Waals surface area (Å²) < 4.78 is 11.1. The van der Waals surface area contributed by atoms with E-state index in [2.05, 4.69) is 10.6 Å². The van der Waals surface area contributed by atoms with Gasteiger partial charge in [0.15, 0.2) is 11.5 Å². The quantitative estimate of drug-likeness (QED) is 0.869. The second-order valence-corrected chi connectivity index (χ2v) is 7.16. The van der Waals surface area contributed by atoms with Gasteiger partial charge < -0.3 is 20.1 Å². The molecule has 2 heterocycles. The van der Waals surface area contributed by atoms with E-state index in [1.165, 1.54) is 11.8 Å². The fourth-order valence-corrected chi connectivity index (χ4v) is 3.71. The smallest absolute Gasteiger partial charge is 0.251 e. The van der Waals surface area contributed by atoms with Gasteiger partial charge >= 0.3 is 0 Å². The highest BCUT2D eigenvalue weighted by Crippen LogP contribution is 2.33. The van der Waals surface area contributed by atoms with Crippen LogP contribution in [0.1, 0.15) is 28.9 Å². The van der Waals surface area contributed by atoms with Crippen molar-refractivity contribution in [3.05, 3.63) is 47.5 Å². The average Bonchev–Trinajstić information content (AvgIpc) is 2.66. The van der Waals surface area contributed by atoms with Crippen LogP contribution in [0.5, 0.6) is 11.5 Å². The summed E-state index contributed by atoms with van der Waals surface area (Å²) >= 11 is 1.47. The summed E-state index contributed by atoms with van der Waals surface area (Å²) in [6, 6.07) is 10.8. The van der Waals surface area contributed by atoms with Crippen molar-refractivity contribution < 1.29 is 19.1 Å². The number of rotatable bonds is 3. The van der Waals surface area contributed by atoms with Gasteiger partial charge in [-0.25, -0.2) is 0 Å². The maximum Gasteiger partial charge on any atom is 0.251 e. The Balaban J connectivity index is 1.49. The fourth-order valence-electron chi connectivity index (χ4n) is 2.92. The Morgan fingerprint density at radius 3 is 2.81 bits per heavy atom. The van der Waals surface area contributed by atoms with E-state index in [9.17, 15) is 9.59 Å². The number of amides is 2. The number of anilines is 1. The standard InChI is InChI=1S/C19H18N2O4S/c1-11(12-2-4-15-16(9-12)25-7-6-24-15)20-19(23)13-3-5-17-14(8-13)21-18(22)10-26-17/h2-5,8-9,11H,6-7,10H2,1H3,(H,20,23)(H,21,22). The Bertz CT molecular complexity index is 884. The third-order valence-corrected chi connectivity index (χ3v) is 5.36. The Kier molecular flexibility index (Phi) is 4.46. The van der Waals surface area contributed by atoms with Gasteiger partial charge in [-0.3, -0.25) is 9.59 Å². The van der Waals surface area contributed by atoms with E-state index in [-0.39, 0.29) is 17.9 Å². The van der Waals surface area contributed by atoms with Crippen molar-refractivity contribution in [3.63, 3.8) is 0 Å². The zero-order valence-corrected chi connectivity index (χ0v) is 15.0. The van der Waals surface area contributed by atoms with Crippen LogP contribution in [0.15, 0.2) is 41.3 Å². The first-order chi connectivity index (χ1) is 12.6.